The number of aromatic amines is 1. The van der Waals surface area contributed by atoms with Gasteiger partial charge in [-0.3, -0.25) is 0 Å². The second-order valence-corrected chi connectivity index (χ2v) is 6.85. The highest BCUT2D eigenvalue weighted by molar-refractivity contribution is 7.89. The van der Waals surface area contributed by atoms with Crippen LogP contribution in [0.25, 0.3) is 0 Å². The molecule has 1 aromatic carbocycles. The number of carboxylic acids is 1. The van der Waals surface area contributed by atoms with Gasteiger partial charge >= 0.3 is 5.97 Å². The number of hydrogen-bond acceptors (Lipinski definition) is 5. The van der Waals surface area contributed by atoms with Gasteiger partial charge in [-0.25, -0.2) is 22.9 Å². The van der Waals surface area contributed by atoms with Crippen molar-refractivity contribution in [3.8, 4) is 0 Å². The Morgan fingerprint density at radius 1 is 1.43 bits per heavy atom. The summed E-state index contributed by atoms with van der Waals surface area (Å²) in [4.78, 5) is 17.4. The molecule has 0 spiro atoms. The van der Waals surface area contributed by atoms with Crippen LogP contribution in [0.4, 0.5) is 0 Å². The number of nitrogens with zero attached hydrogens (tertiary/aromatic N) is 1. The van der Waals surface area contributed by atoms with Crippen LogP contribution in [-0.2, 0) is 16.4 Å². The third-order valence-electron chi connectivity index (χ3n) is 3.04. The first-order valence-corrected chi connectivity index (χ1v) is 8.33. The van der Waals surface area contributed by atoms with Crippen LogP contribution in [0.1, 0.15) is 16.1 Å². The van der Waals surface area contributed by atoms with Gasteiger partial charge < -0.3 is 15.2 Å². The van der Waals surface area contributed by atoms with E-state index in [4.69, 9.17) is 16.7 Å². The highest BCUT2D eigenvalue weighted by Gasteiger charge is 2.22. The monoisotopic (exact) mass is 359 g/mol. The quantitative estimate of drug-likeness (QED) is 0.573. The molecule has 0 unspecified atom stereocenters. The van der Waals surface area contributed by atoms with Crippen LogP contribution in [-0.4, -0.2) is 47.2 Å². The standard InChI is InChI=1S/C13H14ClN3O5S/c14-12-2-1-10(4-11(12)13(19)20)23(21,22)17-9(6-18)3-8-5-15-7-16-8/h1-2,4-5,7,9,17-18H,3,6H2,(H,15,16)(H,19,20)/t9-/m0/s1. The maximum atomic E-state index is 12.3. The number of nitrogens with one attached hydrogen (secondary N) is 2. The summed E-state index contributed by atoms with van der Waals surface area (Å²) in [6.45, 7) is -0.433. The van der Waals surface area contributed by atoms with Gasteiger partial charge in [-0.15, -0.1) is 0 Å². The van der Waals surface area contributed by atoms with E-state index in [9.17, 15) is 18.3 Å². The maximum Gasteiger partial charge on any atom is 0.337 e. The molecule has 0 aliphatic heterocycles. The molecule has 0 amide bonds. The van der Waals surface area contributed by atoms with Gasteiger partial charge in [0.05, 0.1) is 34.5 Å². The lowest BCUT2D eigenvalue weighted by molar-refractivity contribution is 0.0697. The number of aliphatic hydroxyl groups is 1. The van der Waals surface area contributed by atoms with Crippen molar-refractivity contribution < 1.29 is 23.4 Å². The molecular weight excluding hydrogens is 346 g/mol. The lowest BCUT2D eigenvalue weighted by Gasteiger charge is -2.16. The number of halogens is 1. The summed E-state index contributed by atoms with van der Waals surface area (Å²) in [6, 6.07) is 2.58. The zero-order chi connectivity index (χ0) is 17.0. The van der Waals surface area contributed by atoms with Crippen LogP contribution in [0.15, 0.2) is 35.6 Å². The summed E-state index contributed by atoms with van der Waals surface area (Å²) < 4.78 is 27.0. The molecule has 23 heavy (non-hydrogen) atoms. The van der Waals surface area contributed by atoms with Crippen LogP contribution in [0.3, 0.4) is 0 Å². The Balaban J connectivity index is 2.23. The topological polar surface area (TPSA) is 132 Å². The summed E-state index contributed by atoms with van der Waals surface area (Å²) in [7, 11) is -4.01. The number of benzene rings is 1. The number of carbonyl (C=O) groups is 1. The molecule has 4 N–H and O–H groups in total. The molecule has 1 aromatic heterocycles. The van der Waals surface area contributed by atoms with Gasteiger partial charge in [-0.2, -0.15) is 0 Å². The second kappa shape index (κ2) is 7.09. The molecule has 0 saturated carbocycles. The van der Waals surface area contributed by atoms with E-state index < -0.39 is 28.6 Å². The summed E-state index contributed by atoms with van der Waals surface area (Å²) in [5.74, 6) is -1.33. The summed E-state index contributed by atoms with van der Waals surface area (Å²) in [5, 5.41) is 18.3. The largest absolute Gasteiger partial charge is 0.478 e. The van der Waals surface area contributed by atoms with Gasteiger partial charge in [0.2, 0.25) is 10.0 Å². The van der Waals surface area contributed by atoms with Crippen molar-refractivity contribution >= 4 is 27.6 Å². The molecule has 0 saturated heterocycles. The number of imidazole rings is 1. The van der Waals surface area contributed by atoms with Crippen LogP contribution in [0, 0.1) is 0 Å². The Labute approximate surface area is 137 Å². The number of rotatable bonds is 7. The lowest BCUT2D eigenvalue weighted by atomic mass is 10.2. The van der Waals surface area contributed by atoms with E-state index in [1.54, 1.807) is 0 Å². The molecule has 124 valence electrons. The van der Waals surface area contributed by atoms with Gasteiger partial charge in [-0.05, 0) is 18.2 Å². The number of H-pyrrole nitrogens is 1. The van der Waals surface area contributed by atoms with Crippen LogP contribution < -0.4 is 4.72 Å². The number of sulfonamides is 1. The van der Waals surface area contributed by atoms with E-state index in [0.29, 0.717) is 5.69 Å². The van der Waals surface area contributed by atoms with E-state index in [1.165, 1.54) is 24.7 Å². The lowest BCUT2D eigenvalue weighted by Crippen LogP contribution is -2.39. The zero-order valence-electron chi connectivity index (χ0n) is 11.7. The highest BCUT2D eigenvalue weighted by atomic mass is 35.5. The smallest absolute Gasteiger partial charge is 0.337 e. The van der Waals surface area contributed by atoms with Crippen molar-refractivity contribution in [2.45, 2.75) is 17.4 Å². The SMILES string of the molecule is O=C(O)c1cc(S(=O)(=O)N[C@H](CO)Cc2cnc[nH]2)ccc1Cl. The number of aliphatic hydroxyl groups excluding tert-OH is 1. The van der Waals surface area contributed by atoms with Crippen molar-refractivity contribution in [3.05, 3.63) is 47.0 Å². The number of carboxylic acid groups (broad SMARTS) is 1. The third-order valence-corrected chi connectivity index (χ3v) is 4.89. The Morgan fingerprint density at radius 3 is 2.74 bits per heavy atom. The molecule has 0 aliphatic carbocycles. The van der Waals surface area contributed by atoms with E-state index in [1.807, 2.05) is 0 Å². The third kappa shape index (κ3) is 4.29. The van der Waals surface area contributed by atoms with Crippen LogP contribution in [0.5, 0.6) is 0 Å². The fourth-order valence-corrected chi connectivity index (χ4v) is 3.38. The van der Waals surface area contributed by atoms with Gasteiger partial charge in [-0.1, -0.05) is 11.6 Å². The van der Waals surface area contributed by atoms with Crippen LogP contribution in [0.2, 0.25) is 5.02 Å². The first kappa shape index (κ1) is 17.4. The zero-order valence-corrected chi connectivity index (χ0v) is 13.3. The van der Waals surface area contributed by atoms with Crippen molar-refractivity contribution in [1.29, 1.82) is 0 Å². The molecule has 8 nitrogen and oxygen atoms in total. The molecule has 2 rings (SSSR count). The Hall–Kier alpha value is -1.94. The first-order valence-electron chi connectivity index (χ1n) is 6.47. The Kier molecular flexibility index (Phi) is 5.37. The minimum Gasteiger partial charge on any atom is -0.478 e. The van der Waals surface area contributed by atoms with E-state index in [0.717, 1.165) is 6.07 Å². The minimum absolute atomic E-state index is 0.0624. The fraction of sp³-hybridized carbons (Fsp3) is 0.231. The average Bonchev–Trinajstić information content (AvgIpc) is 2.99. The second-order valence-electron chi connectivity index (χ2n) is 4.73. The molecule has 10 heteroatoms. The molecule has 1 atom stereocenters. The van der Waals surface area contributed by atoms with E-state index in [-0.39, 0.29) is 21.9 Å². The van der Waals surface area contributed by atoms with Crippen molar-refractivity contribution in [3.63, 3.8) is 0 Å². The molecule has 0 bridgehead atoms. The predicted octanol–water partition coefficient (Wildman–Crippen LogP) is 0.643. The Bertz CT molecular complexity index is 792. The molecule has 0 radical (unpaired) electrons. The maximum absolute atomic E-state index is 12.3. The first-order chi connectivity index (χ1) is 10.8. The normalized spacial score (nSPS) is 13.0. The average molecular weight is 360 g/mol. The number of aromatic nitrogens is 2. The van der Waals surface area contributed by atoms with Gasteiger partial charge in [0, 0.05) is 18.3 Å². The molecule has 0 fully saturated rings. The minimum atomic E-state index is -4.01. The predicted molar refractivity (Wildman–Crippen MR) is 81.9 cm³/mol. The molecule has 0 aliphatic rings. The Morgan fingerprint density at radius 2 is 2.17 bits per heavy atom. The van der Waals surface area contributed by atoms with Crippen molar-refractivity contribution in [2.24, 2.45) is 0 Å². The van der Waals surface area contributed by atoms with Gasteiger partial charge in [0.1, 0.15) is 0 Å². The summed E-state index contributed by atoms with van der Waals surface area (Å²) in [6.07, 6.45) is 3.16. The van der Waals surface area contributed by atoms with E-state index in [2.05, 4.69) is 14.7 Å². The number of aromatic carboxylic acids is 1. The summed E-state index contributed by atoms with van der Waals surface area (Å²) in [5.41, 5.74) is 0.331. The van der Waals surface area contributed by atoms with Crippen molar-refractivity contribution in [1.82, 2.24) is 14.7 Å². The molecule has 2 aromatic rings. The fourth-order valence-electron chi connectivity index (χ4n) is 1.93. The van der Waals surface area contributed by atoms with Crippen molar-refractivity contribution in [2.75, 3.05) is 6.61 Å². The number of hydrogen-bond donors (Lipinski definition) is 4. The van der Waals surface area contributed by atoms with Gasteiger partial charge in [0.25, 0.3) is 0 Å². The van der Waals surface area contributed by atoms with E-state index >= 15 is 0 Å². The van der Waals surface area contributed by atoms with Crippen LogP contribution >= 0.6 is 11.6 Å². The summed E-state index contributed by atoms with van der Waals surface area (Å²) >= 11 is 5.72. The highest BCUT2D eigenvalue weighted by Crippen LogP contribution is 2.20. The van der Waals surface area contributed by atoms with Gasteiger partial charge in [0.15, 0.2) is 0 Å². The molecule has 1 heterocycles. The molecular formula is C13H14ClN3O5S.